The smallest absolute Gasteiger partial charge is 0.294 e. The third-order valence-electron chi connectivity index (χ3n) is 5.42. The van der Waals surface area contributed by atoms with Gasteiger partial charge in [-0.2, -0.15) is 0 Å². The molecule has 1 N–H and O–H groups in total. The van der Waals surface area contributed by atoms with Gasteiger partial charge in [0.15, 0.2) is 0 Å². The first kappa shape index (κ1) is 24.6. The van der Waals surface area contributed by atoms with Crippen molar-refractivity contribution in [2.24, 2.45) is 0 Å². The van der Waals surface area contributed by atoms with Crippen LogP contribution in [0.1, 0.15) is 22.3 Å². The Morgan fingerprint density at radius 1 is 1.00 bits per heavy atom. The zero-order valence-corrected chi connectivity index (χ0v) is 20.8. The third kappa shape index (κ3) is 6.12. The Balaban J connectivity index is 1.37. The SMILES string of the molecule is Cc1cccc(C)c1NC(=O)CN1C(=O)S/C(=C/c2ccc(OCc3ccc(Cl)cc3)cc2)C1=O. The number of thioether (sulfide) groups is 1. The van der Waals surface area contributed by atoms with Gasteiger partial charge in [-0.05, 0) is 78.2 Å². The second-order valence-corrected chi connectivity index (χ2v) is 9.50. The summed E-state index contributed by atoms with van der Waals surface area (Å²) in [7, 11) is 0. The van der Waals surface area contributed by atoms with E-state index >= 15 is 0 Å². The predicted octanol–water partition coefficient (Wildman–Crippen LogP) is 6.21. The maximum Gasteiger partial charge on any atom is 0.294 e. The number of ether oxygens (including phenoxy) is 1. The highest BCUT2D eigenvalue weighted by Gasteiger charge is 2.36. The first-order valence-corrected chi connectivity index (χ1v) is 12.1. The Hall–Kier alpha value is -3.55. The molecule has 0 spiro atoms. The van der Waals surface area contributed by atoms with Gasteiger partial charge in [-0.15, -0.1) is 0 Å². The van der Waals surface area contributed by atoms with E-state index in [0.717, 1.165) is 38.9 Å². The van der Waals surface area contributed by atoms with Gasteiger partial charge < -0.3 is 10.1 Å². The van der Waals surface area contributed by atoms with Gasteiger partial charge in [0, 0.05) is 10.7 Å². The number of para-hydroxylation sites is 1. The van der Waals surface area contributed by atoms with E-state index in [1.165, 1.54) is 0 Å². The maximum atomic E-state index is 12.8. The van der Waals surface area contributed by atoms with Crippen LogP contribution in [-0.4, -0.2) is 28.5 Å². The van der Waals surface area contributed by atoms with Crippen molar-refractivity contribution >= 4 is 52.2 Å². The molecule has 1 fully saturated rings. The topological polar surface area (TPSA) is 75.7 Å². The van der Waals surface area contributed by atoms with Gasteiger partial charge >= 0.3 is 0 Å². The first-order valence-electron chi connectivity index (χ1n) is 10.9. The lowest BCUT2D eigenvalue weighted by Crippen LogP contribution is -2.36. The van der Waals surface area contributed by atoms with Gasteiger partial charge in [0.2, 0.25) is 5.91 Å². The van der Waals surface area contributed by atoms with Crippen LogP contribution in [0.3, 0.4) is 0 Å². The lowest BCUT2D eigenvalue weighted by atomic mass is 10.1. The van der Waals surface area contributed by atoms with Gasteiger partial charge in [0.05, 0.1) is 4.91 Å². The van der Waals surface area contributed by atoms with E-state index in [1.807, 2.05) is 56.3 Å². The number of rotatable bonds is 7. The molecule has 1 aliphatic rings. The molecule has 8 heteroatoms. The normalized spacial score (nSPS) is 14.5. The second-order valence-electron chi connectivity index (χ2n) is 8.07. The monoisotopic (exact) mass is 506 g/mol. The summed E-state index contributed by atoms with van der Waals surface area (Å²) in [5.74, 6) is -0.235. The third-order valence-corrected chi connectivity index (χ3v) is 6.58. The maximum absolute atomic E-state index is 12.8. The average Bonchev–Trinajstić information content (AvgIpc) is 3.09. The number of anilines is 1. The summed E-state index contributed by atoms with van der Waals surface area (Å²) >= 11 is 6.72. The molecule has 178 valence electrons. The van der Waals surface area contributed by atoms with Gasteiger partial charge in [0.1, 0.15) is 18.9 Å². The van der Waals surface area contributed by atoms with E-state index in [0.29, 0.717) is 23.1 Å². The van der Waals surface area contributed by atoms with E-state index < -0.39 is 17.1 Å². The number of amides is 3. The molecule has 0 unspecified atom stereocenters. The van der Waals surface area contributed by atoms with Crippen LogP contribution in [0.4, 0.5) is 10.5 Å². The van der Waals surface area contributed by atoms with E-state index in [1.54, 1.807) is 30.3 Å². The first-order chi connectivity index (χ1) is 16.8. The van der Waals surface area contributed by atoms with E-state index in [-0.39, 0.29) is 11.4 Å². The summed E-state index contributed by atoms with van der Waals surface area (Å²) in [6.45, 7) is 3.84. The van der Waals surface area contributed by atoms with Crippen LogP contribution in [-0.2, 0) is 16.2 Å². The molecular weight excluding hydrogens is 484 g/mol. The van der Waals surface area contributed by atoms with E-state index in [2.05, 4.69) is 5.32 Å². The van der Waals surface area contributed by atoms with Crippen molar-refractivity contribution in [3.05, 3.63) is 98.9 Å². The molecule has 3 aromatic rings. The molecule has 1 aliphatic heterocycles. The average molecular weight is 507 g/mol. The summed E-state index contributed by atoms with van der Waals surface area (Å²) in [6, 6.07) is 20.3. The lowest BCUT2D eigenvalue weighted by Gasteiger charge is -2.15. The van der Waals surface area contributed by atoms with Crippen molar-refractivity contribution in [1.82, 2.24) is 4.90 Å². The summed E-state index contributed by atoms with van der Waals surface area (Å²) < 4.78 is 5.78. The lowest BCUT2D eigenvalue weighted by molar-refractivity contribution is -0.127. The molecule has 3 aromatic carbocycles. The highest BCUT2D eigenvalue weighted by atomic mass is 35.5. The van der Waals surface area contributed by atoms with Crippen molar-refractivity contribution in [2.75, 3.05) is 11.9 Å². The van der Waals surface area contributed by atoms with Crippen molar-refractivity contribution in [3.63, 3.8) is 0 Å². The zero-order valence-electron chi connectivity index (χ0n) is 19.2. The molecular formula is C27H23ClN2O4S. The molecule has 35 heavy (non-hydrogen) atoms. The van der Waals surface area contributed by atoms with Crippen LogP contribution in [0.15, 0.2) is 71.6 Å². The number of benzene rings is 3. The molecule has 1 heterocycles. The van der Waals surface area contributed by atoms with E-state index in [9.17, 15) is 14.4 Å². The van der Waals surface area contributed by atoms with Crippen LogP contribution in [0, 0.1) is 13.8 Å². The Labute approximate surface area is 212 Å². The summed E-state index contributed by atoms with van der Waals surface area (Å²) in [6.07, 6.45) is 1.64. The van der Waals surface area contributed by atoms with Gasteiger partial charge in [-0.1, -0.05) is 54.1 Å². The molecule has 0 radical (unpaired) electrons. The number of nitrogens with one attached hydrogen (secondary N) is 1. The minimum atomic E-state index is -0.486. The van der Waals surface area contributed by atoms with Crippen molar-refractivity contribution in [1.29, 1.82) is 0 Å². The minimum Gasteiger partial charge on any atom is -0.489 e. The predicted molar refractivity (Wildman–Crippen MR) is 139 cm³/mol. The second kappa shape index (κ2) is 10.8. The summed E-state index contributed by atoms with van der Waals surface area (Å²) in [5.41, 5.74) is 4.25. The standard InChI is InChI=1S/C27H23ClN2O4S/c1-17-4-3-5-18(2)25(17)29-24(31)15-30-26(32)23(35-27(30)33)14-19-8-12-22(13-9-19)34-16-20-6-10-21(28)11-7-20/h3-14H,15-16H2,1-2H3,(H,29,31)/b23-14+. The van der Waals surface area contributed by atoms with Crippen LogP contribution < -0.4 is 10.1 Å². The molecule has 0 saturated carbocycles. The number of halogens is 1. The van der Waals surface area contributed by atoms with Crippen molar-refractivity contribution in [3.8, 4) is 5.75 Å². The Bertz CT molecular complexity index is 1280. The summed E-state index contributed by atoms with van der Waals surface area (Å²) in [5, 5.41) is 3.01. The molecule has 0 aliphatic carbocycles. The number of imide groups is 1. The number of carbonyl (C=O) groups excluding carboxylic acids is 3. The van der Waals surface area contributed by atoms with Gasteiger partial charge in [-0.3, -0.25) is 19.3 Å². The quantitative estimate of drug-likeness (QED) is 0.385. The fourth-order valence-corrected chi connectivity index (χ4v) is 4.49. The Morgan fingerprint density at radius 3 is 2.31 bits per heavy atom. The van der Waals surface area contributed by atoms with Gasteiger partial charge in [-0.25, -0.2) is 0 Å². The Morgan fingerprint density at radius 2 is 1.66 bits per heavy atom. The van der Waals surface area contributed by atoms with Crippen LogP contribution in [0.2, 0.25) is 5.02 Å². The highest BCUT2D eigenvalue weighted by Crippen LogP contribution is 2.32. The van der Waals surface area contributed by atoms with Crippen LogP contribution in [0.25, 0.3) is 6.08 Å². The van der Waals surface area contributed by atoms with E-state index in [4.69, 9.17) is 16.3 Å². The van der Waals surface area contributed by atoms with Crippen molar-refractivity contribution in [2.45, 2.75) is 20.5 Å². The minimum absolute atomic E-state index is 0.268. The van der Waals surface area contributed by atoms with Crippen LogP contribution >= 0.6 is 23.4 Å². The Kier molecular flexibility index (Phi) is 7.58. The molecule has 0 aromatic heterocycles. The number of aryl methyl sites for hydroxylation is 2. The molecule has 3 amide bonds. The molecule has 1 saturated heterocycles. The molecule has 0 atom stereocenters. The number of nitrogens with zero attached hydrogens (tertiary/aromatic N) is 1. The molecule has 0 bridgehead atoms. The van der Waals surface area contributed by atoms with Crippen molar-refractivity contribution < 1.29 is 19.1 Å². The molecule has 6 nitrogen and oxygen atoms in total. The largest absolute Gasteiger partial charge is 0.489 e. The number of carbonyl (C=O) groups is 3. The van der Waals surface area contributed by atoms with Crippen LogP contribution in [0.5, 0.6) is 5.75 Å². The number of hydrogen-bond acceptors (Lipinski definition) is 5. The van der Waals surface area contributed by atoms with Gasteiger partial charge in [0.25, 0.3) is 11.1 Å². The molecule has 4 rings (SSSR count). The number of hydrogen-bond donors (Lipinski definition) is 1. The zero-order chi connectivity index (χ0) is 24.9. The highest BCUT2D eigenvalue weighted by molar-refractivity contribution is 8.18. The fraction of sp³-hybridized carbons (Fsp3) is 0.148. The fourth-order valence-electron chi connectivity index (χ4n) is 3.53. The summed E-state index contributed by atoms with van der Waals surface area (Å²) in [4.78, 5) is 39.0.